The number of aromatic nitrogens is 1. The van der Waals surface area contributed by atoms with Gasteiger partial charge in [0.2, 0.25) is 5.91 Å². The van der Waals surface area contributed by atoms with Crippen molar-refractivity contribution in [2.75, 3.05) is 6.54 Å². The predicted molar refractivity (Wildman–Crippen MR) is 101 cm³/mol. The smallest absolute Gasteiger partial charge is 0.228 e. The first kappa shape index (κ1) is 18.5. The van der Waals surface area contributed by atoms with Gasteiger partial charge in [-0.3, -0.25) is 14.6 Å². The van der Waals surface area contributed by atoms with Crippen LogP contribution >= 0.6 is 0 Å². The van der Waals surface area contributed by atoms with Crippen molar-refractivity contribution in [3.63, 3.8) is 0 Å². The fourth-order valence-corrected chi connectivity index (χ4v) is 2.80. The van der Waals surface area contributed by atoms with E-state index in [-0.39, 0.29) is 18.2 Å². The molecule has 0 aliphatic carbocycles. The van der Waals surface area contributed by atoms with Crippen molar-refractivity contribution in [3.8, 4) is 0 Å². The SMILES string of the molecule is O=C(CNC(=O)C(Cc1ccccn1)c1ccccc1)c1ccc(F)cc1. The Hall–Kier alpha value is -3.34. The zero-order valence-corrected chi connectivity index (χ0v) is 14.6. The van der Waals surface area contributed by atoms with E-state index < -0.39 is 11.7 Å². The Morgan fingerprint density at radius 2 is 1.63 bits per heavy atom. The van der Waals surface area contributed by atoms with Gasteiger partial charge in [-0.25, -0.2) is 4.39 Å². The molecule has 0 saturated carbocycles. The maximum absolute atomic E-state index is 13.0. The Kier molecular flexibility index (Phi) is 6.05. The van der Waals surface area contributed by atoms with E-state index in [4.69, 9.17) is 0 Å². The van der Waals surface area contributed by atoms with E-state index in [0.29, 0.717) is 12.0 Å². The topological polar surface area (TPSA) is 59.1 Å². The van der Waals surface area contributed by atoms with E-state index in [0.717, 1.165) is 11.3 Å². The molecular formula is C22H19FN2O2. The summed E-state index contributed by atoms with van der Waals surface area (Å²) in [5, 5.41) is 2.70. The maximum Gasteiger partial charge on any atom is 0.228 e. The minimum absolute atomic E-state index is 0.143. The van der Waals surface area contributed by atoms with Crippen LogP contribution in [0.5, 0.6) is 0 Å². The summed E-state index contributed by atoms with van der Waals surface area (Å²) in [6.07, 6.45) is 2.12. The second kappa shape index (κ2) is 8.85. The van der Waals surface area contributed by atoms with Crippen LogP contribution < -0.4 is 5.32 Å². The van der Waals surface area contributed by atoms with Gasteiger partial charge in [0.25, 0.3) is 0 Å². The van der Waals surface area contributed by atoms with Gasteiger partial charge in [0, 0.05) is 23.9 Å². The van der Waals surface area contributed by atoms with Gasteiger partial charge < -0.3 is 5.32 Å². The van der Waals surface area contributed by atoms with Crippen LogP contribution in [0.15, 0.2) is 79.0 Å². The molecule has 4 nitrogen and oxygen atoms in total. The molecule has 3 rings (SSSR count). The first-order valence-corrected chi connectivity index (χ1v) is 8.65. The molecule has 0 spiro atoms. The summed E-state index contributed by atoms with van der Waals surface area (Å²) in [5.41, 5.74) is 2.01. The molecule has 0 aliphatic rings. The van der Waals surface area contributed by atoms with Gasteiger partial charge in [0.1, 0.15) is 5.82 Å². The molecule has 27 heavy (non-hydrogen) atoms. The molecule has 136 valence electrons. The second-order valence-electron chi connectivity index (χ2n) is 6.14. The fourth-order valence-electron chi connectivity index (χ4n) is 2.80. The number of hydrogen-bond donors (Lipinski definition) is 1. The number of hydrogen-bond acceptors (Lipinski definition) is 3. The third-order valence-corrected chi connectivity index (χ3v) is 4.25. The van der Waals surface area contributed by atoms with Crippen LogP contribution in [0, 0.1) is 5.82 Å². The standard InChI is InChI=1S/C22H19FN2O2/c23-18-11-9-17(10-12-18)21(26)15-25-22(27)20(16-6-2-1-3-7-16)14-19-8-4-5-13-24-19/h1-13,20H,14-15H2,(H,25,27). The molecule has 3 aromatic rings. The molecular weight excluding hydrogens is 343 g/mol. The van der Waals surface area contributed by atoms with Crippen LogP contribution in [-0.4, -0.2) is 23.2 Å². The van der Waals surface area contributed by atoms with Crippen LogP contribution in [-0.2, 0) is 11.2 Å². The van der Waals surface area contributed by atoms with Gasteiger partial charge in [0.05, 0.1) is 12.5 Å². The molecule has 1 N–H and O–H groups in total. The molecule has 1 atom stereocenters. The van der Waals surface area contributed by atoms with E-state index in [1.54, 1.807) is 6.20 Å². The van der Waals surface area contributed by atoms with Crippen LogP contribution in [0.2, 0.25) is 0 Å². The quantitative estimate of drug-likeness (QED) is 0.654. The van der Waals surface area contributed by atoms with E-state index >= 15 is 0 Å². The first-order valence-electron chi connectivity index (χ1n) is 8.65. The van der Waals surface area contributed by atoms with E-state index in [2.05, 4.69) is 10.3 Å². The largest absolute Gasteiger partial charge is 0.348 e. The average molecular weight is 362 g/mol. The normalized spacial score (nSPS) is 11.6. The number of amides is 1. The third-order valence-electron chi connectivity index (χ3n) is 4.25. The fraction of sp³-hybridized carbons (Fsp3) is 0.136. The van der Waals surface area contributed by atoms with Gasteiger partial charge in [-0.2, -0.15) is 0 Å². The molecule has 1 unspecified atom stereocenters. The summed E-state index contributed by atoms with van der Waals surface area (Å²) in [6, 6.07) is 20.2. The molecule has 1 aromatic heterocycles. The van der Waals surface area contributed by atoms with Crippen LogP contribution in [0.25, 0.3) is 0 Å². The minimum atomic E-state index is -0.456. The second-order valence-corrected chi connectivity index (χ2v) is 6.14. The van der Waals surface area contributed by atoms with Crippen molar-refractivity contribution in [2.45, 2.75) is 12.3 Å². The summed E-state index contributed by atoms with van der Waals surface area (Å²) >= 11 is 0. The lowest BCUT2D eigenvalue weighted by atomic mass is 9.93. The Morgan fingerprint density at radius 3 is 2.30 bits per heavy atom. The van der Waals surface area contributed by atoms with Crippen LogP contribution in [0.3, 0.4) is 0 Å². The van der Waals surface area contributed by atoms with Crippen molar-refractivity contribution >= 4 is 11.7 Å². The molecule has 1 amide bonds. The van der Waals surface area contributed by atoms with Crippen molar-refractivity contribution < 1.29 is 14.0 Å². The van der Waals surface area contributed by atoms with Crippen molar-refractivity contribution in [2.24, 2.45) is 0 Å². The predicted octanol–water partition coefficient (Wildman–Crippen LogP) is 3.55. The Labute approximate surface area is 157 Å². The molecule has 0 saturated heterocycles. The van der Waals surface area contributed by atoms with Crippen molar-refractivity contribution in [1.29, 1.82) is 0 Å². The molecule has 0 bridgehead atoms. The molecule has 1 heterocycles. The van der Waals surface area contributed by atoms with Crippen molar-refractivity contribution in [3.05, 3.63) is 102 Å². The highest BCUT2D eigenvalue weighted by atomic mass is 19.1. The van der Waals surface area contributed by atoms with E-state index in [9.17, 15) is 14.0 Å². The number of pyridine rings is 1. The highest BCUT2D eigenvalue weighted by Gasteiger charge is 2.22. The average Bonchev–Trinajstić information content (AvgIpc) is 2.72. The van der Waals surface area contributed by atoms with Crippen LogP contribution in [0.1, 0.15) is 27.5 Å². The molecule has 0 fully saturated rings. The van der Waals surface area contributed by atoms with Crippen molar-refractivity contribution in [1.82, 2.24) is 10.3 Å². The number of nitrogens with zero attached hydrogens (tertiary/aromatic N) is 1. The van der Waals surface area contributed by atoms with E-state index in [1.807, 2.05) is 48.5 Å². The summed E-state index contributed by atoms with van der Waals surface area (Å²) < 4.78 is 13.0. The molecule has 5 heteroatoms. The summed E-state index contributed by atoms with van der Waals surface area (Å²) in [6.45, 7) is -0.143. The highest BCUT2D eigenvalue weighted by Crippen LogP contribution is 2.20. The highest BCUT2D eigenvalue weighted by molar-refractivity contribution is 5.99. The zero-order chi connectivity index (χ0) is 19.1. The number of benzene rings is 2. The Balaban J connectivity index is 1.71. The number of carbonyl (C=O) groups is 2. The minimum Gasteiger partial charge on any atom is -0.348 e. The van der Waals surface area contributed by atoms with Gasteiger partial charge in [0.15, 0.2) is 5.78 Å². The van der Waals surface area contributed by atoms with Crippen LogP contribution in [0.4, 0.5) is 4.39 Å². The molecule has 0 radical (unpaired) electrons. The molecule has 2 aromatic carbocycles. The lowest BCUT2D eigenvalue weighted by Crippen LogP contribution is -2.34. The summed E-state index contributed by atoms with van der Waals surface area (Å²) in [5.74, 6) is -1.38. The number of nitrogens with one attached hydrogen (secondary N) is 1. The number of Topliss-reactive ketones (excluding diaryl/α,β-unsaturated/α-hetero) is 1. The number of ketones is 1. The number of carbonyl (C=O) groups excluding carboxylic acids is 2. The number of rotatable bonds is 7. The third kappa shape index (κ3) is 5.07. The molecule has 0 aliphatic heterocycles. The van der Waals surface area contributed by atoms with Gasteiger partial charge in [-0.1, -0.05) is 36.4 Å². The van der Waals surface area contributed by atoms with Gasteiger partial charge >= 0.3 is 0 Å². The lowest BCUT2D eigenvalue weighted by Gasteiger charge is -2.17. The van der Waals surface area contributed by atoms with E-state index in [1.165, 1.54) is 24.3 Å². The van der Waals surface area contributed by atoms with Gasteiger partial charge in [-0.05, 0) is 42.0 Å². The lowest BCUT2D eigenvalue weighted by molar-refractivity contribution is -0.122. The number of halogens is 1. The zero-order valence-electron chi connectivity index (χ0n) is 14.6. The van der Waals surface area contributed by atoms with Gasteiger partial charge in [-0.15, -0.1) is 0 Å². The Morgan fingerprint density at radius 1 is 0.926 bits per heavy atom. The first-order chi connectivity index (χ1) is 13.1. The summed E-state index contributed by atoms with van der Waals surface area (Å²) in [4.78, 5) is 29.3. The Bertz CT molecular complexity index is 897. The maximum atomic E-state index is 13.0. The summed E-state index contributed by atoms with van der Waals surface area (Å²) in [7, 11) is 0. The monoisotopic (exact) mass is 362 g/mol.